The first-order chi connectivity index (χ1) is 7.98. The van der Waals surface area contributed by atoms with Gasteiger partial charge in [-0.25, -0.2) is 8.42 Å². The van der Waals surface area contributed by atoms with E-state index in [0.717, 1.165) is 31.6 Å². The van der Waals surface area contributed by atoms with E-state index in [4.69, 9.17) is 5.73 Å². The van der Waals surface area contributed by atoms with Crippen LogP contribution in [0.3, 0.4) is 0 Å². The van der Waals surface area contributed by atoms with Crippen LogP contribution in [-0.4, -0.2) is 27.8 Å². The summed E-state index contributed by atoms with van der Waals surface area (Å²) in [4.78, 5) is 2.48. The molecule has 1 saturated heterocycles. The molecule has 2 N–H and O–H groups in total. The predicted molar refractivity (Wildman–Crippen MR) is 70.0 cm³/mol. The minimum Gasteiger partial charge on any atom is -0.399 e. The van der Waals surface area contributed by atoms with E-state index >= 15 is 0 Å². The summed E-state index contributed by atoms with van der Waals surface area (Å²) in [6, 6.07) is 5.13. The van der Waals surface area contributed by atoms with Crippen molar-refractivity contribution < 1.29 is 8.42 Å². The second-order valence-corrected chi connectivity index (χ2v) is 6.53. The Bertz CT molecular complexity index is 505. The molecule has 1 aliphatic heterocycles. The maximum Gasteiger partial charge on any atom is 0.177 e. The molecule has 1 aromatic carbocycles. The Morgan fingerprint density at radius 1 is 1.18 bits per heavy atom. The zero-order valence-corrected chi connectivity index (χ0v) is 10.8. The number of benzene rings is 1. The Kier molecular flexibility index (Phi) is 3.28. The SMILES string of the molecule is CS(=O)(=O)c1cc(N)ccc1N1CCCCC1. The lowest BCUT2D eigenvalue weighted by atomic mass is 10.1. The molecule has 1 aromatic rings. The molecule has 0 bridgehead atoms. The highest BCUT2D eigenvalue weighted by Crippen LogP contribution is 2.29. The largest absolute Gasteiger partial charge is 0.399 e. The molecule has 5 heteroatoms. The lowest BCUT2D eigenvalue weighted by Crippen LogP contribution is -2.30. The van der Waals surface area contributed by atoms with Crippen molar-refractivity contribution in [3.05, 3.63) is 18.2 Å². The van der Waals surface area contributed by atoms with Crippen LogP contribution in [0, 0.1) is 0 Å². The fourth-order valence-electron chi connectivity index (χ4n) is 2.22. The van der Waals surface area contributed by atoms with Crippen LogP contribution >= 0.6 is 0 Å². The first-order valence-electron chi connectivity index (χ1n) is 5.83. The normalized spacial score (nSPS) is 17.1. The Labute approximate surface area is 102 Å². The quantitative estimate of drug-likeness (QED) is 0.815. The molecule has 4 nitrogen and oxygen atoms in total. The van der Waals surface area contributed by atoms with E-state index in [1.807, 2.05) is 6.07 Å². The average Bonchev–Trinajstić information content (AvgIpc) is 2.29. The molecule has 1 fully saturated rings. The predicted octanol–water partition coefficient (Wildman–Crippen LogP) is 1.66. The fourth-order valence-corrected chi connectivity index (χ4v) is 3.15. The summed E-state index contributed by atoms with van der Waals surface area (Å²) in [7, 11) is -3.23. The highest BCUT2D eigenvalue weighted by atomic mass is 32.2. The molecule has 0 spiro atoms. The number of nitrogens with zero attached hydrogens (tertiary/aromatic N) is 1. The van der Waals surface area contributed by atoms with E-state index < -0.39 is 9.84 Å². The van der Waals surface area contributed by atoms with Crippen molar-refractivity contribution >= 4 is 21.2 Å². The molecule has 94 valence electrons. The van der Waals surface area contributed by atoms with Gasteiger partial charge in [-0.15, -0.1) is 0 Å². The van der Waals surface area contributed by atoms with Gasteiger partial charge in [-0.1, -0.05) is 0 Å². The second kappa shape index (κ2) is 4.56. The molecule has 17 heavy (non-hydrogen) atoms. The zero-order chi connectivity index (χ0) is 12.5. The van der Waals surface area contributed by atoms with Crippen LogP contribution in [-0.2, 0) is 9.84 Å². The van der Waals surface area contributed by atoms with E-state index in [1.54, 1.807) is 12.1 Å². The molecule has 0 amide bonds. The third-order valence-electron chi connectivity index (χ3n) is 3.08. The highest BCUT2D eigenvalue weighted by Gasteiger charge is 2.19. The van der Waals surface area contributed by atoms with Crippen LogP contribution in [0.1, 0.15) is 19.3 Å². The van der Waals surface area contributed by atoms with Crippen LogP contribution < -0.4 is 10.6 Å². The standard InChI is InChI=1S/C12H18N2O2S/c1-17(15,16)12-9-10(13)5-6-11(12)14-7-3-2-4-8-14/h5-6,9H,2-4,7-8,13H2,1H3. The molecular formula is C12H18N2O2S. The van der Waals surface area contributed by atoms with Crippen molar-refractivity contribution in [3.63, 3.8) is 0 Å². The van der Waals surface area contributed by atoms with Crippen molar-refractivity contribution in [1.29, 1.82) is 0 Å². The van der Waals surface area contributed by atoms with Gasteiger partial charge in [-0.3, -0.25) is 0 Å². The molecule has 0 saturated carbocycles. The smallest absolute Gasteiger partial charge is 0.177 e. The number of sulfone groups is 1. The average molecular weight is 254 g/mol. The summed E-state index contributed by atoms with van der Waals surface area (Å²) >= 11 is 0. The molecule has 0 unspecified atom stereocenters. The van der Waals surface area contributed by atoms with Crippen LogP contribution in [0.25, 0.3) is 0 Å². The molecule has 0 radical (unpaired) electrons. The Balaban J connectivity index is 2.45. The molecular weight excluding hydrogens is 236 g/mol. The highest BCUT2D eigenvalue weighted by molar-refractivity contribution is 7.90. The molecule has 2 rings (SSSR count). The van der Waals surface area contributed by atoms with E-state index in [-0.39, 0.29) is 0 Å². The molecule has 0 aromatic heterocycles. The topological polar surface area (TPSA) is 63.4 Å². The maximum atomic E-state index is 11.8. The molecule has 1 aliphatic rings. The Morgan fingerprint density at radius 2 is 1.82 bits per heavy atom. The van der Waals surface area contributed by atoms with E-state index in [1.165, 1.54) is 12.7 Å². The number of nitrogen functional groups attached to an aromatic ring is 1. The number of nitrogens with two attached hydrogens (primary N) is 1. The van der Waals surface area contributed by atoms with Crippen LogP contribution in [0.15, 0.2) is 23.1 Å². The number of piperidine rings is 1. The van der Waals surface area contributed by atoms with Gasteiger partial charge in [0.15, 0.2) is 9.84 Å². The van der Waals surface area contributed by atoms with E-state index in [9.17, 15) is 8.42 Å². The van der Waals surface area contributed by atoms with Crippen molar-refractivity contribution in [2.24, 2.45) is 0 Å². The number of hydrogen-bond acceptors (Lipinski definition) is 4. The third kappa shape index (κ3) is 2.72. The van der Waals surface area contributed by atoms with Crippen LogP contribution in [0.4, 0.5) is 11.4 Å². The van der Waals surface area contributed by atoms with Crippen molar-refractivity contribution in [2.45, 2.75) is 24.2 Å². The monoisotopic (exact) mass is 254 g/mol. The van der Waals surface area contributed by atoms with Crippen molar-refractivity contribution in [3.8, 4) is 0 Å². The lowest BCUT2D eigenvalue weighted by molar-refractivity contribution is 0.572. The summed E-state index contributed by atoms with van der Waals surface area (Å²) in [6.45, 7) is 1.85. The Morgan fingerprint density at radius 3 is 2.41 bits per heavy atom. The maximum absolute atomic E-state index is 11.8. The van der Waals surface area contributed by atoms with Crippen molar-refractivity contribution in [1.82, 2.24) is 0 Å². The first-order valence-corrected chi connectivity index (χ1v) is 7.72. The van der Waals surface area contributed by atoms with Crippen LogP contribution in [0.2, 0.25) is 0 Å². The fraction of sp³-hybridized carbons (Fsp3) is 0.500. The van der Waals surface area contributed by atoms with Gasteiger partial charge in [0.2, 0.25) is 0 Å². The number of hydrogen-bond donors (Lipinski definition) is 1. The van der Waals surface area contributed by atoms with E-state index in [0.29, 0.717) is 10.6 Å². The van der Waals surface area contributed by atoms with Gasteiger partial charge in [-0.05, 0) is 37.5 Å². The van der Waals surface area contributed by atoms with Gasteiger partial charge in [0.1, 0.15) is 0 Å². The number of anilines is 2. The summed E-state index contributed by atoms with van der Waals surface area (Å²) in [5.74, 6) is 0. The second-order valence-electron chi connectivity index (χ2n) is 4.55. The van der Waals surface area contributed by atoms with Crippen molar-refractivity contribution in [2.75, 3.05) is 30.0 Å². The van der Waals surface area contributed by atoms with Gasteiger partial charge in [0, 0.05) is 25.0 Å². The summed E-state index contributed by atoms with van der Waals surface area (Å²) in [6.07, 6.45) is 4.69. The van der Waals surface area contributed by atoms with Gasteiger partial charge in [0.05, 0.1) is 10.6 Å². The van der Waals surface area contributed by atoms with E-state index in [2.05, 4.69) is 4.90 Å². The zero-order valence-electron chi connectivity index (χ0n) is 10.0. The molecule has 0 aliphatic carbocycles. The first kappa shape index (κ1) is 12.2. The Hall–Kier alpha value is -1.23. The number of rotatable bonds is 2. The van der Waals surface area contributed by atoms with Crippen LogP contribution in [0.5, 0.6) is 0 Å². The van der Waals surface area contributed by atoms with Gasteiger partial charge >= 0.3 is 0 Å². The summed E-state index contributed by atoms with van der Waals surface area (Å²) in [5.41, 5.74) is 6.96. The van der Waals surface area contributed by atoms with Gasteiger partial charge in [-0.2, -0.15) is 0 Å². The summed E-state index contributed by atoms with van der Waals surface area (Å²) in [5, 5.41) is 0. The minimum absolute atomic E-state index is 0.347. The minimum atomic E-state index is -3.23. The van der Waals surface area contributed by atoms with Gasteiger partial charge in [0.25, 0.3) is 0 Å². The lowest BCUT2D eigenvalue weighted by Gasteiger charge is -2.30. The summed E-state index contributed by atoms with van der Waals surface area (Å²) < 4.78 is 23.5. The third-order valence-corrected chi connectivity index (χ3v) is 4.21. The molecule has 0 atom stereocenters. The molecule has 1 heterocycles. The van der Waals surface area contributed by atoms with Gasteiger partial charge < -0.3 is 10.6 Å².